The van der Waals surface area contributed by atoms with E-state index in [1.165, 1.54) is 21.8 Å². The number of aromatic hydroxyl groups is 1. The van der Waals surface area contributed by atoms with Crippen molar-refractivity contribution in [2.24, 2.45) is 0 Å². The Labute approximate surface area is 196 Å². The standard InChI is InChI=1S/C22H19F2N5O4S/c1-3-27-21-11(2)33-7-6-28(21)29-10-14(18(30)19(31)17(29)22(27)32)20-26-25-16(34-20)8-12-4-5-13(23)9-15(12)24/h4-5,9-10,21,31H,2-3,6-8H2,1H3/t21-/m0/s1. The van der Waals surface area contributed by atoms with E-state index in [9.17, 15) is 23.5 Å². The van der Waals surface area contributed by atoms with Crippen LogP contribution in [-0.2, 0) is 11.2 Å². The molecule has 9 nitrogen and oxygen atoms in total. The maximum absolute atomic E-state index is 14.0. The van der Waals surface area contributed by atoms with Gasteiger partial charge in [0.25, 0.3) is 5.91 Å². The summed E-state index contributed by atoms with van der Waals surface area (Å²) in [6.45, 7) is 6.71. The average Bonchev–Trinajstić information content (AvgIpc) is 3.27. The third-order valence-electron chi connectivity index (χ3n) is 5.77. The van der Waals surface area contributed by atoms with Crippen LogP contribution in [0.5, 0.6) is 5.75 Å². The molecule has 1 atom stereocenters. The minimum atomic E-state index is -0.767. The molecule has 0 radical (unpaired) electrons. The summed E-state index contributed by atoms with van der Waals surface area (Å²) in [6, 6.07) is 3.26. The van der Waals surface area contributed by atoms with E-state index in [1.807, 2.05) is 0 Å². The average molecular weight is 487 g/mol. The van der Waals surface area contributed by atoms with Crippen molar-refractivity contribution in [2.45, 2.75) is 19.5 Å². The van der Waals surface area contributed by atoms with Crippen molar-refractivity contribution in [3.05, 3.63) is 74.9 Å². The van der Waals surface area contributed by atoms with Crippen LogP contribution in [0.3, 0.4) is 0 Å². The Morgan fingerprint density at radius 3 is 2.82 bits per heavy atom. The summed E-state index contributed by atoms with van der Waals surface area (Å²) in [5.74, 6) is -2.23. The van der Waals surface area contributed by atoms with Gasteiger partial charge in [0, 0.05) is 25.2 Å². The third-order valence-corrected chi connectivity index (χ3v) is 6.73. The number of hydrogen-bond donors (Lipinski definition) is 1. The maximum Gasteiger partial charge on any atom is 0.278 e. The van der Waals surface area contributed by atoms with Gasteiger partial charge in [-0.2, -0.15) is 0 Å². The predicted octanol–water partition coefficient (Wildman–Crippen LogP) is 2.23. The topological polar surface area (TPSA) is 101 Å². The highest BCUT2D eigenvalue weighted by atomic mass is 32.1. The number of pyridine rings is 1. The number of rotatable bonds is 4. The van der Waals surface area contributed by atoms with Gasteiger partial charge in [-0.25, -0.2) is 8.78 Å². The second-order valence-electron chi connectivity index (χ2n) is 7.77. The lowest BCUT2D eigenvalue weighted by Crippen LogP contribution is -2.64. The second-order valence-corrected chi connectivity index (χ2v) is 8.83. The Kier molecular flexibility index (Phi) is 5.31. The van der Waals surface area contributed by atoms with Crippen molar-refractivity contribution in [1.29, 1.82) is 0 Å². The van der Waals surface area contributed by atoms with Crippen LogP contribution in [0.4, 0.5) is 8.78 Å². The molecular weight excluding hydrogens is 468 g/mol. The number of halogens is 2. The summed E-state index contributed by atoms with van der Waals surface area (Å²) in [7, 11) is 0. The molecule has 2 aromatic heterocycles. The van der Waals surface area contributed by atoms with Crippen molar-refractivity contribution < 1.29 is 23.4 Å². The molecule has 1 aromatic carbocycles. The minimum absolute atomic E-state index is 0.0400. The van der Waals surface area contributed by atoms with Gasteiger partial charge in [0.1, 0.15) is 29.0 Å². The molecule has 3 aromatic rings. The Morgan fingerprint density at radius 2 is 2.09 bits per heavy atom. The SMILES string of the molecule is C=C1OCCN2[C@@H]1N(CC)C(=O)c1c(O)c(=O)c(-c3nnc(Cc4ccc(F)cc4F)s3)cn12. The van der Waals surface area contributed by atoms with Crippen molar-refractivity contribution in [2.75, 3.05) is 24.7 Å². The lowest BCUT2D eigenvalue weighted by Gasteiger charge is -2.48. The highest BCUT2D eigenvalue weighted by molar-refractivity contribution is 7.14. The number of nitrogens with zero attached hydrogens (tertiary/aromatic N) is 5. The van der Waals surface area contributed by atoms with Gasteiger partial charge < -0.3 is 14.7 Å². The van der Waals surface area contributed by atoms with Crippen LogP contribution < -0.4 is 10.4 Å². The number of ether oxygens (including phenoxy) is 1. The molecule has 0 bridgehead atoms. The van der Waals surface area contributed by atoms with Crippen LogP contribution in [0, 0.1) is 11.6 Å². The highest BCUT2D eigenvalue weighted by Gasteiger charge is 2.43. The van der Waals surface area contributed by atoms with Gasteiger partial charge in [-0.3, -0.25) is 19.3 Å². The lowest BCUT2D eigenvalue weighted by molar-refractivity contribution is 0.0390. The van der Waals surface area contributed by atoms with E-state index < -0.39 is 34.9 Å². The number of hydrogen-bond acceptors (Lipinski definition) is 8. The molecule has 1 saturated heterocycles. The first-order chi connectivity index (χ1) is 16.3. The molecule has 1 N–H and O–H groups in total. The molecule has 0 aliphatic carbocycles. The smallest absolute Gasteiger partial charge is 0.278 e. The number of carbonyl (C=O) groups excluding carboxylic acids is 1. The van der Waals surface area contributed by atoms with Crippen LogP contribution in [0.25, 0.3) is 10.6 Å². The summed E-state index contributed by atoms with van der Waals surface area (Å²) in [4.78, 5) is 27.6. The van der Waals surface area contributed by atoms with Gasteiger partial charge in [0.15, 0.2) is 22.6 Å². The van der Waals surface area contributed by atoms with Crippen molar-refractivity contribution in [3.63, 3.8) is 0 Å². The Hall–Kier alpha value is -3.80. The van der Waals surface area contributed by atoms with Gasteiger partial charge in [-0.1, -0.05) is 24.0 Å². The third kappa shape index (κ3) is 3.41. The Morgan fingerprint density at radius 1 is 1.29 bits per heavy atom. The fourth-order valence-corrected chi connectivity index (χ4v) is 5.03. The molecule has 0 unspecified atom stereocenters. The number of aromatic nitrogens is 3. The summed E-state index contributed by atoms with van der Waals surface area (Å²) in [5.41, 5.74) is -0.649. The molecule has 5 rings (SSSR count). The molecule has 2 aliphatic heterocycles. The minimum Gasteiger partial charge on any atom is -0.502 e. The van der Waals surface area contributed by atoms with Gasteiger partial charge in [-0.05, 0) is 18.6 Å². The van der Waals surface area contributed by atoms with Crippen LogP contribution >= 0.6 is 11.3 Å². The summed E-state index contributed by atoms with van der Waals surface area (Å²) < 4.78 is 34.2. The van der Waals surface area contributed by atoms with E-state index in [2.05, 4.69) is 16.8 Å². The number of fused-ring (bicyclic) bond motifs is 3. The molecule has 0 spiro atoms. The molecule has 2 aliphatic rings. The Bertz CT molecular complexity index is 1390. The summed E-state index contributed by atoms with van der Waals surface area (Å²) >= 11 is 1.04. The van der Waals surface area contributed by atoms with Gasteiger partial charge in [0.2, 0.25) is 5.43 Å². The number of morpholine rings is 1. The van der Waals surface area contributed by atoms with Crippen molar-refractivity contribution in [1.82, 2.24) is 19.8 Å². The van der Waals surface area contributed by atoms with Gasteiger partial charge in [-0.15, -0.1) is 10.2 Å². The van der Waals surface area contributed by atoms with E-state index in [0.29, 0.717) is 30.5 Å². The fraction of sp³-hybridized carbons (Fsp3) is 0.273. The zero-order valence-corrected chi connectivity index (χ0v) is 18.8. The van der Waals surface area contributed by atoms with Gasteiger partial charge in [0.05, 0.1) is 12.1 Å². The predicted molar refractivity (Wildman–Crippen MR) is 119 cm³/mol. The van der Waals surface area contributed by atoms with E-state index in [1.54, 1.807) is 11.9 Å². The molecular formula is C22H19F2N5O4S. The van der Waals surface area contributed by atoms with Crippen molar-refractivity contribution in [3.8, 4) is 16.3 Å². The largest absolute Gasteiger partial charge is 0.502 e. The first-order valence-electron chi connectivity index (χ1n) is 10.4. The van der Waals surface area contributed by atoms with Crippen LogP contribution in [0.2, 0.25) is 0 Å². The number of likely N-dealkylation sites (N-methyl/N-ethyl adjacent to an activating group) is 1. The summed E-state index contributed by atoms with van der Waals surface area (Å²) in [5, 5.41) is 21.2. The van der Waals surface area contributed by atoms with E-state index in [-0.39, 0.29) is 28.2 Å². The van der Waals surface area contributed by atoms with E-state index in [0.717, 1.165) is 23.5 Å². The molecule has 176 valence electrons. The summed E-state index contributed by atoms with van der Waals surface area (Å²) in [6.07, 6.45) is 0.897. The first kappa shape index (κ1) is 22.0. The quantitative estimate of drug-likeness (QED) is 0.602. The van der Waals surface area contributed by atoms with Crippen LogP contribution in [0.1, 0.15) is 28.0 Å². The molecule has 1 fully saturated rings. The van der Waals surface area contributed by atoms with Crippen LogP contribution in [-0.4, -0.2) is 56.6 Å². The second kappa shape index (κ2) is 8.20. The number of benzene rings is 1. The number of carbonyl (C=O) groups is 1. The normalized spacial score (nSPS) is 17.4. The molecule has 1 amide bonds. The molecule has 4 heterocycles. The molecule has 34 heavy (non-hydrogen) atoms. The van der Waals surface area contributed by atoms with Gasteiger partial charge >= 0.3 is 0 Å². The van der Waals surface area contributed by atoms with Crippen LogP contribution in [0.15, 0.2) is 41.5 Å². The van der Waals surface area contributed by atoms with Crippen molar-refractivity contribution >= 4 is 17.2 Å². The zero-order valence-electron chi connectivity index (χ0n) is 18.0. The highest BCUT2D eigenvalue weighted by Crippen LogP contribution is 2.32. The maximum atomic E-state index is 14.0. The monoisotopic (exact) mass is 487 g/mol. The number of amides is 1. The van der Waals surface area contributed by atoms with E-state index >= 15 is 0 Å². The zero-order chi connectivity index (χ0) is 24.1. The lowest BCUT2D eigenvalue weighted by atomic mass is 10.1. The van der Waals surface area contributed by atoms with E-state index in [4.69, 9.17) is 4.74 Å². The first-order valence-corrected chi connectivity index (χ1v) is 11.3. The molecule has 12 heteroatoms. The fourth-order valence-electron chi connectivity index (χ4n) is 4.16. The molecule has 0 saturated carbocycles. The Balaban J connectivity index is 1.57.